The first-order valence-electron chi connectivity index (χ1n) is 7.52. The van der Waals surface area contributed by atoms with E-state index in [9.17, 15) is 19.7 Å². The Balaban J connectivity index is 2.76. The number of hydrogen-bond acceptors (Lipinski definition) is 6. The van der Waals surface area contributed by atoms with E-state index in [1.807, 2.05) is 0 Å². The molecule has 8 nitrogen and oxygen atoms in total. The number of carboxylic acids is 1. The van der Waals surface area contributed by atoms with Crippen LogP contribution in [0.4, 0.5) is 10.5 Å². The Morgan fingerprint density at radius 2 is 1.88 bits per heavy atom. The Morgan fingerprint density at radius 1 is 1.32 bits per heavy atom. The number of nitro benzene ring substituents is 1. The zero-order valence-electron chi connectivity index (χ0n) is 14.6. The molecule has 0 heterocycles. The van der Waals surface area contributed by atoms with Crippen LogP contribution >= 0.6 is 11.8 Å². The third-order valence-electron chi connectivity index (χ3n) is 3.05. The van der Waals surface area contributed by atoms with E-state index in [2.05, 4.69) is 0 Å². The molecule has 1 N–H and O–H groups in total. The number of benzene rings is 1. The lowest BCUT2D eigenvalue weighted by Crippen LogP contribution is -2.40. The monoisotopic (exact) mass is 370 g/mol. The molecule has 138 valence electrons. The van der Waals surface area contributed by atoms with Crippen molar-refractivity contribution in [3.8, 4) is 0 Å². The van der Waals surface area contributed by atoms with Gasteiger partial charge >= 0.3 is 12.1 Å². The molecule has 1 aromatic carbocycles. The molecule has 9 heteroatoms. The van der Waals surface area contributed by atoms with E-state index in [-0.39, 0.29) is 12.1 Å². The molecule has 1 atom stereocenters. The highest BCUT2D eigenvalue weighted by Crippen LogP contribution is 2.25. The van der Waals surface area contributed by atoms with Crippen molar-refractivity contribution in [3.63, 3.8) is 0 Å². The molecule has 25 heavy (non-hydrogen) atoms. The summed E-state index contributed by atoms with van der Waals surface area (Å²) in [7, 11) is 1.49. The molecular weight excluding hydrogens is 348 g/mol. The van der Waals surface area contributed by atoms with Gasteiger partial charge in [0, 0.05) is 24.9 Å². The van der Waals surface area contributed by atoms with Crippen molar-refractivity contribution in [2.24, 2.45) is 0 Å². The van der Waals surface area contributed by atoms with Crippen LogP contribution in [0.25, 0.3) is 0 Å². The number of hydrogen-bond donors (Lipinski definition) is 1. The summed E-state index contributed by atoms with van der Waals surface area (Å²) in [5, 5.41) is 19.1. The summed E-state index contributed by atoms with van der Waals surface area (Å²) in [5.74, 6) is -0.625. The van der Waals surface area contributed by atoms with Gasteiger partial charge in [0.25, 0.3) is 5.69 Å². The van der Waals surface area contributed by atoms with Gasteiger partial charge in [-0.3, -0.25) is 19.8 Å². The van der Waals surface area contributed by atoms with Crippen LogP contribution in [0.15, 0.2) is 24.3 Å². The van der Waals surface area contributed by atoms with E-state index in [1.165, 1.54) is 35.8 Å². The molecule has 1 aromatic rings. The van der Waals surface area contributed by atoms with Crippen LogP contribution in [0.5, 0.6) is 0 Å². The Kier molecular flexibility index (Phi) is 7.22. The number of non-ortho nitro benzene ring substituents is 1. The van der Waals surface area contributed by atoms with E-state index < -0.39 is 28.0 Å². The molecule has 0 saturated heterocycles. The van der Waals surface area contributed by atoms with Crippen molar-refractivity contribution in [3.05, 3.63) is 39.9 Å². The lowest BCUT2D eigenvalue weighted by atomic mass is 10.2. The SMILES string of the molecule is CN(C(=O)OC(C)(C)C)C(CC(=O)O)SCc1ccc([N+](=O)[O-])cc1. The first-order chi connectivity index (χ1) is 11.5. The van der Waals surface area contributed by atoms with Gasteiger partial charge in [-0.05, 0) is 26.3 Å². The number of amides is 1. The van der Waals surface area contributed by atoms with Crippen LogP contribution in [-0.2, 0) is 15.3 Å². The molecule has 1 rings (SSSR count). The van der Waals surface area contributed by atoms with Gasteiger partial charge in [0.1, 0.15) is 5.60 Å². The maximum absolute atomic E-state index is 12.1. The molecule has 0 radical (unpaired) electrons. The highest BCUT2D eigenvalue weighted by Gasteiger charge is 2.27. The fourth-order valence-electron chi connectivity index (χ4n) is 1.81. The molecule has 0 aliphatic rings. The highest BCUT2D eigenvalue weighted by atomic mass is 32.2. The average Bonchev–Trinajstić information content (AvgIpc) is 2.49. The van der Waals surface area contributed by atoms with Crippen molar-refractivity contribution >= 4 is 29.5 Å². The maximum atomic E-state index is 12.1. The summed E-state index contributed by atoms with van der Waals surface area (Å²) in [6.07, 6.45) is -0.845. The summed E-state index contributed by atoms with van der Waals surface area (Å²) in [5.41, 5.74) is 0.104. The minimum absolute atomic E-state index is 0.0123. The molecular formula is C16H22N2O6S. The van der Waals surface area contributed by atoms with Gasteiger partial charge in [-0.15, -0.1) is 11.8 Å². The van der Waals surface area contributed by atoms with E-state index >= 15 is 0 Å². The number of ether oxygens (including phenoxy) is 1. The molecule has 0 aromatic heterocycles. The number of carboxylic acid groups (broad SMARTS) is 1. The van der Waals surface area contributed by atoms with Gasteiger partial charge in [0.2, 0.25) is 0 Å². The van der Waals surface area contributed by atoms with Crippen LogP contribution < -0.4 is 0 Å². The summed E-state index contributed by atoms with van der Waals surface area (Å²) >= 11 is 1.25. The predicted molar refractivity (Wildman–Crippen MR) is 94.4 cm³/mol. The smallest absolute Gasteiger partial charge is 0.410 e. The molecule has 0 aliphatic carbocycles. The first-order valence-corrected chi connectivity index (χ1v) is 8.57. The van der Waals surface area contributed by atoms with Crippen LogP contribution in [0.3, 0.4) is 0 Å². The Hall–Kier alpha value is -2.29. The second-order valence-corrected chi connectivity index (χ2v) is 7.54. The quantitative estimate of drug-likeness (QED) is 0.444. The van der Waals surface area contributed by atoms with E-state index in [0.29, 0.717) is 5.75 Å². The van der Waals surface area contributed by atoms with Crippen molar-refractivity contribution < 1.29 is 24.4 Å². The van der Waals surface area contributed by atoms with Crippen molar-refractivity contribution in [1.29, 1.82) is 0 Å². The molecule has 0 spiro atoms. The van der Waals surface area contributed by atoms with Gasteiger partial charge < -0.3 is 9.84 Å². The van der Waals surface area contributed by atoms with E-state index in [4.69, 9.17) is 9.84 Å². The lowest BCUT2D eigenvalue weighted by Gasteiger charge is -2.29. The van der Waals surface area contributed by atoms with E-state index in [0.717, 1.165) is 5.56 Å². The highest BCUT2D eigenvalue weighted by molar-refractivity contribution is 7.99. The fourth-order valence-corrected chi connectivity index (χ4v) is 2.96. The molecule has 0 bridgehead atoms. The Morgan fingerprint density at radius 3 is 2.32 bits per heavy atom. The molecule has 0 saturated carbocycles. The van der Waals surface area contributed by atoms with E-state index in [1.54, 1.807) is 32.9 Å². The second kappa shape index (κ2) is 8.70. The van der Waals surface area contributed by atoms with Crippen LogP contribution in [-0.4, -0.2) is 45.0 Å². The first kappa shape index (κ1) is 20.8. The topological polar surface area (TPSA) is 110 Å². The van der Waals surface area contributed by atoms with Gasteiger partial charge in [-0.25, -0.2) is 4.79 Å². The summed E-state index contributed by atoms with van der Waals surface area (Å²) in [6, 6.07) is 5.99. The number of nitrogens with zero attached hydrogens (tertiary/aromatic N) is 2. The molecule has 0 fully saturated rings. The van der Waals surface area contributed by atoms with Gasteiger partial charge in [0.05, 0.1) is 16.7 Å². The number of carbonyl (C=O) groups is 2. The lowest BCUT2D eigenvalue weighted by molar-refractivity contribution is -0.384. The fraction of sp³-hybridized carbons (Fsp3) is 0.500. The second-order valence-electron chi connectivity index (χ2n) is 6.38. The Bertz CT molecular complexity index is 627. The van der Waals surface area contributed by atoms with Gasteiger partial charge in [-0.2, -0.15) is 0 Å². The maximum Gasteiger partial charge on any atom is 0.410 e. The number of rotatable bonds is 7. The van der Waals surface area contributed by atoms with Crippen molar-refractivity contribution in [2.45, 2.75) is 43.9 Å². The van der Waals surface area contributed by atoms with Crippen LogP contribution in [0, 0.1) is 10.1 Å². The van der Waals surface area contributed by atoms with Crippen molar-refractivity contribution in [2.75, 3.05) is 7.05 Å². The predicted octanol–water partition coefficient (Wildman–Crippen LogP) is 3.50. The minimum Gasteiger partial charge on any atom is -0.481 e. The number of aliphatic carboxylic acids is 1. The minimum atomic E-state index is -1.03. The number of carbonyl (C=O) groups excluding carboxylic acids is 1. The standard InChI is InChI=1S/C16H22N2O6S/c1-16(2,3)24-15(21)17(4)13(9-14(19)20)25-10-11-5-7-12(8-6-11)18(22)23/h5-8,13H,9-10H2,1-4H3,(H,19,20). The number of thioether (sulfide) groups is 1. The summed E-state index contributed by atoms with van der Waals surface area (Å²) in [6.45, 7) is 5.19. The zero-order chi connectivity index (χ0) is 19.2. The molecule has 1 unspecified atom stereocenters. The summed E-state index contributed by atoms with van der Waals surface area (Å²) in [4.78, 5) is 34.6. The zero-order valence-corrected chi connectivity index (χ0v) is 15.4. The average molecular weight is 370 g/mol. The number of nitro groups is 1. The summed E-state index contributed by atoms with van der Waals surface area (Å²) < 4.78 is 5.26. The molecule has 1 amide bonds. The Labute approximate surface area is 150 Å². The van der Waals surface area contributed by atoms with Gasteiger partial charge in [-0.1, -0.05) is 12.1 Å². The molecule has 0 aliphatic heterocycles. The largest absolute Gasteiger partial charge is 0.481 e. The van der Waals surface area contributed by atoms with Crippen LogP contribution in [0.2, 0.25) is 0 Å². The third-order valence-corrected chi connectivity index (χ3v) is 4.42. The van der Waals surface area contributed by atoms with Gasteiger partial charge in [0.15, 0.2) is 0 Å². The normalized spacial score (nSPS) is 12.3. The van der Waals surface area contributed by atoms with Crippen LogP contribution in [0.1, 0.15) is 32.8 Å². The third kappa shape index (κ3) is 7.42. The van der Waals surface area contributed by atoms with Crippen molar-refractivity contribution in [1.82, 2.24) is 4.90 Å².